The Balaban J connectivity index is 2.49. The third kappa shape index (κ3) is 2.03. The molecule has 0 bridgehead atoms. The second kappa shape index (κ2) is 4.12. The number of aromatic nitrogens is 2. The summed E-state index contributed by atoms with van der Waals surface area (Å²) in [6, 6.07) is 4.82. The number of carboxylic acids is 2. The zero-order valence-corrected chi connectivity index (χ0v) is 8.53. The first-order chi connectivity index (χ1) is 8.09. The van der Waals surface area contributed by atoms with Crippen LogP contribution in [0.15, 0.2) is 24.4 Å². The molecule has 0 amide bonds. The summed E-state index contributed by atoms with van der Waals surface area (Å²) in [6.07, 6.45) is 1.55. The van der Waals surface area contributed by atoms with Crippen molar-refractivity contribution in [2.75, 3.05) is 6.61 Å². The Labute approximate surface area is 94.9 Å². The van der Waals surface area contributed by atoms with E-state index >= 15 is 0 Å². The minimum absolute atomic E-state index is 0.0552. The first-order valence-electron chi connectivity index (χ1n) is 4.64. The van der Waals surface area contributed by atoms with Gasteiger partial charge in [-0.2, -0.15) is 4.98 Å². The van der Waals surface area contributed by atoms with Gasteiger partial charge in [-0.1, -0.05) is 6.07 Å². The van der Waals surface area contributed by atoms with E-state index in [0.717, 1.165) is 0 Å². The van der Waals surface area contributed by atoms with E-state index in [4.69, 9.17) is 14.9 Å². The van der Waals surface area contributed by atoms with Crippen molar-refractivity contribution in [1.82, 2.24) is 9.38 Å². The summed E-state index contributed by atoms with van der Waals surface area (Å²) in [7, 11) is 0. The second-order valence-corrected chi connectivity index (χ2v) is 3.19. The van der Waals surface area contributed by atoms with Crippen LogP contribution in [0.4, 0.5) is 0 Å². The molecule has 2 N–H and O–H groups in total. The maximum atomic E-state index is 10.9. The predicted octanol–water partition coefficient (Wildman–Crippen LogP) is 0.496. The van der Waals surface area contributed by atoms with Crippen LogP contribution in [0.1, 0.15) is 10.5 Å². The Morgan fingerprint density at radius 1 is 1.35 bits per heavy atom. The zero-order valence-electron chi connectivity index (χ0n) is 8.53. The Morgan fingerprint density at radius 3 is 2.76 bits per heavy atom. The smallest absolute Gasteiger partial charge is 0.356 e. The van der Waals surface area contributed by atoms with Crippen LogP contribution in [0.3, 0.4) is 0 Å². The topological polar surface area (TPSA) is 101 Å². The SMILES string of the molecule is O=C(O)COc1nc(C(=O)O)c2ccccn12. The number of hydrogen-bond donors (Lipinski definition) is 2. The van der Waals surface area contributed by atoms with Crippen LogP contribution in [-0.2, 0) is 4.79 Å². The van der Waals surface area contributed by atoms with Gasteiger partial charge < -0.3 is 14.9 Å². The van der Waals surface area contributed by atoms with Gasteiger partial charge in [0.1, 0.15) is 0 Å². The summed E-state index contributed by atoms with van der Waals surface area (Å²) in [5.74, 6) is -2.35. The molecule has 0 unspecified atom stereocenters. The monoisotopic (exact) mass is 236 g/mol. The van der Waals surface area contributed by atoms with Crippen LogP contribution in [0.25, 0.3) is 5.52 Å². The Hall–Kier alpha value is -2.57. The van der Waals surface area contributed by atoms with Crippen molar-refractivity contribution >= 4 is 17.5 Å². The number of aliphatic carboxylic acids is 1. The fourth-order valence-corrected chi connectivity index (χ4v) is 1.40. The van der Waals surface area contributed by atoms with Gasteiger partial charge in [-0.25, -0.2) is 9.59 Å². The van der Waals surface area contributed by atoms with Gasteiger partial charge in [0.2, 0.25) is 0 Å². The molecule has 0 fully saturated rings. The van der Waals surface area contributed by atoms with Crippen molar-refractivity contribution in [3.05, 3.63) is 30.1 Å². The lowest BCUT2D eigenvalue weighted by Crippen LogP contribution is -2.11. The second-order valence-electron chi connectivity index (χ2n) is 3.19. The van der Waals surface area contributed by atoms with Crippen molar-refractivity contribution in [3.8, 4) is 6.01 Å². The van der Waals surface area contributed by atoms with Crippen LogP contribution < -0.4 is 4.74 Å². The number of rotatable bonds is 4. The molecule has 0 radical (unpaired) electrons. The van der Waals surface area contributed by atoms with Crippen LogP contribution in [0, 0.1) is 0 Å². The number of carbonyl (C=O) groups is 2. The number of fused-ring (bicyclic) bond motifs is 1. The molecule has 17 heavy (non-hydrogen) atoms. The van der Waals surface area contributed by atoms with Gasteiger partial charge in [0.05, 0.1) is 5.52 Å². The highest BCUT2D eigenvalue weighted by molar-refractivity contribution is 5.93. The Bertz CT molecular complexity index is 589. The lowest BCUT2D eigenvalue weighted by Gasteiger charge is -2.00. The lowest BCUT2D eigenvalue weighted by atomic mass is 10.3. The highest BCUT2D eigenvalue weighted by atomic mass is 16.5. The molecular formula is C10H8N2O5. The highest BCUT2D eigenvalue weighted by Gasteiger charge is 2.17. The minimum atomic E-state index is -1.20. The van der Waals surface area contributed by atoms with Crippen LogP contribution in [0.5, 0.6) is 6.01 Å². The molecule has 2 rings (SSSR count). The molecule has 0 saturated carbocycles. The molecule has 0 aliphatic rings. The molecule has 2 aromatic rings. The van der Waals surface area contributed by atoms with Gasteiger partial charge in [-0.15, -0.1) is 0 Å². The summed E-state index contributed by atoms with van der Waals surface area (Å²) in [4.78, 5) is 25.0. The molecule has 7 nitrogen and oxygen atoms in total. The van der Waals surface area contributed by atoms with Gasteiger partial charge >= 0.3 is 17.9 Å². The average Bonchev–Trinajstić information content (AvgIpc) is 2.65. The number of aromatic carboxylic acids is 1. The summed E-state index contributed by atoms with van der Waals surface area (Å²) < 4.78 is 6.28. The number of nitrogens with zero attached hydrogens (tertiary/aromatic N) is 2. The zero-order chi connectivity index (χ0) is 12.4. The van der Waals surface area contributed by atoms with Crippen molar-refractivity contribution in [2.24, 2.45) is 0 Å². The third-order valence-corrected chi connectivity index (χ3v) is 2.04. The van der Waals surface area contributed by atoms with E-state index in [2.05, 4.69) is 4.98 Å². The molecule has 88 valence electrons. The fraction of sp³-hybridized carbons (Fsp3) is 0.100. The minimum Gasteiger partial charge on any atom is -0.479 e. The van der Waals surface area contributed by atoms with Gasteiger partial charge in [0, 0.05) is 6.20 Å². The number of ether oxygens (including phenoxy) is 1. The standard InChI is InChI=1S/C10H8N2O5/c13-7(14)5-17-10-11-8(9(15)16)6-3-1-2-4-12(6)10/h1-4H,5H2,(H,13,14)(H,15,16). The third-order valence-electron chi connectivity index (χ3n) is 2.04. The fourth-order valence-electron chi connectivity index (χ4n) is 1.40. The molecule has 0 aromatic carbocycles. The molecule has 7 heteroatoms. The Kier molecular flexibility index (Phi) is 2.65. The Morgan fingerprint density at radius 2 is 2.12 bits per heavy atom. The average molecular weight is 236 g/mol. The molecular weight excluding hydrogens is 228 g/mol. The number of pyridine rings is 1. The van der Waals surface area contributed by atoms with E-state index in [9.17, 15) is 9.59 Å². The quantitative estimate of drug-likeness (QED) is 0.801. The van der Waals surface area contributed by atoms with E-state index in [1.54, 1.807) is 24.4 Å². The largest absolute Gasteiger partial charge is 0.479 e. The summed E-state index contributed by atoms with van der Waals surface area (Å²) in [5, 5.41) is 17.4. The molecule has 0 aliphatic heterocycles. The molecule has 0 atom stereocenters. The van der Waals surface area contributed by atoms with E-state index in [1.807, 2.05) is 0 Å². The summed E-state index contributed by atoms with van der Waals surface area (Å²) >= 11 is 0. The van der Waals surface area contributed by atoms with Gasteiger partial charge in [0.25, 0.3) is 0 Å². The summed E-state index contributed by atoms with van der Waals surface area (Å²) in [6.45, 7) is -0.576. The van der Waals surface area contributed by atoms with E-state index in [0.29, 0.717) is 5.52 Å². The summed E-state index contributed by atoms with van der Waals surface area (Å²) in [5.41, 5.74) is 0.173. The van der Waals surface area contributed by atoms with Gasteiger partial charge in [0.15, 0.2) is 12.3 Å². The highest BCUT2D eigenvalue weighted by Crippen LogP contribution is 2.18. The van der Waals surface area contributed by atoms with Crippen molar-refractivity contribution in [3.63, 3.8) is 0 Å². The molecule has 0 saturated heterocycles. The normalized spacial score (nSPS) is 10.4. The van der Waals surface area contributed by atoms with E-state index in [1.165, 1.54) is 4.40 Å². The molecule has 2 aromatic heterocycles. The molecule has 2 heterocycles. The maximum Gasteiger partial charge on any atom is 0.356 e. The van der Waals surface area contributed by atoms with Crippen LogP contribution >= 0.6 is 0 Å². The van der Waals surface area contributed by atoms with Crippen molar-refractivity contribution in [2.45, 2.75) is 0 Å². The number of carboxylic acid groups (broad SMARTS) is 2. The first-order valence-corrected chi connectivity index (χ1v) is 4.64. The predicted molar refractivity (Wildman–Crippen MR) is 55.3 cm³/mol. The number of hydrogen-bond acceptors (Lipinski definition) is 4. The molecule has 0 spiro atoms. The van der Waals surface area contributed by atoms with Crippen LogP contribution in [-0.4, -0.2) is 38.1 Å². The van der Waals surface area contributed by atoms with E-state index in [-0.39, 0.29) is 11.7 Å². The van der Waals surface area contributed by atoms with Crippen LogP contribution in [0.2, 0.25) is 0 Å². The lowest BCUT2D eigenvalue weighted by molar-refractivity contribution is -0.139. The molecule has 0 aliphatic carbocycles. The van der Waals surface area contributed by atoms with Crippen molar-refractivity contribution in [1.29, 1.82) is 0 Å². The number of imidazole rings is 1. The maximum absolute atomic E-state index is 10.9. The first kappa shape index (κ1) is 10.9. The van der Waals surface area contributed by atoms with Crippen molar-refractivity contribution < 1.29 is 24.5 Å². The van der Waals surface area contributed by atoms with E-state index < -0.39 is 18.5 Å². The van der Waals surface area contributed by atoms with Gasteiger partial charge in [-0.3, -0.25) is 4.40 Å². The van der Waals surface area contributed by atoms with Gasteiger partial charge in [-0.05, 0) is 12.1 Å².